The highest BCUT2D eigenvalue weighted by molar-refractivity contribution is 7.91. The van der Waals surface area contributed by atoms with Gasteiger partial charge < -0.3 is 4.74 Å². The zero-order chi connectivity index (χ0) is 14.2. The Morgan fingerprint density at radius 2 is 1.67 bits per heavy atom. The van der Waals surface area contributed by atoms with Crippen molar-refractivity contribution in [3.05, 3.63) is 0 Å². The molecule has 0 N–H and O–H groups in total. The molecular formula is C13H26O4S. The minimum Gasteiger partial charge on any atom is -0.368 e. The number of carbonyl (C=O) groups is 1. The molecule has 0 spiro atoms. The summed E-state index contributed by atoms with van der Waals surface area (Å²) in [5.41, 5.74) is -0.718. The van der Waals surface area contributed by atoms with Gasteiger partial charge in [-0.25, -0.2) is 8.42 Å². The standard InChI is InChI=1S/C13H26O4S/c1-5-13(6-2,17-7-3)12(14)10-9-11-18(15,16)8-4/h5-11H2,1-4H3. The lowest BCUT2D eigenvalue weighted by atomic mass is 9.89. The Bertz CT molecular complexity index is 342. The van der Waals surface area contributed by atoms with Crippen molar-refractivity contribution in [1.29, 1.82) is 0 Å². The van der Waals surface area contributed by atoms with Crippen molar-refractivity contribution in [2.75, 3.05) is 18.1 Å². The molecule has 0 bridgehead atoms. The molecule has 0 saturated heterocycles. The number of carbonyl (C=O) groups excluding carboxylic acids is 1. The SMILES string of the molecule is CCOC(CC)(CC)C(=O)CCCS(=O)(=O)CC. The van der Waals surface area contributed by atoms with Crippen LogP contribution in [0.15, 0.2) is 0 Å². The third-order valence-corrected chi connectivity index (χ3v) is 5.16. The fraction of sp³-hybridized carbons (Fsp3) is 0.923. The fourth-order valence-corrected chi connectivity index (χ4v) is 2.90. The van der Waals surface area contributed by atoms with E-state index in [0.717, 1.165) is 0 Å². The summed E-state index contributed by atoms with van der Waals surface area (Å²) < 4.78 is 28.3. The summed E-state index contributed by atoms with van der Waals surface area (Å²) in [4.78, 5) is 12.2. The Morgan fingerprint density at radius 1 is 1.11 bits per heavy atom. The first-order valence-corrected chi connectivity index (χ1v) is 8.57. The van der Waals surface area contributed by atoms with E-state index in [4.69, 9.17) is 4.74 Å². The molecule has 108 valence electrons. The molecule has 0 aromatic heterocycles. The molecule has 18 heavy (non-hydrogen) atoms. The first-order chi connectivity index (χ1) is 8.37. The lowest BCUT2D eigenvalue weighted by Gasteiger charge is -2.30. The van der Waals surface area contributed by atoms with Gasteiger partial charge in [-0.2, -0.15) is 0 Å². The Labute approximate surface area is 111 Å². The third kappa shape index (κ3) is 5.06. The highest BCUT2D eigenvalue weighted by Crippen LogP contribution is 2.24. The van der Waals surface area contributed by atoms with Crippen LogP contribution in [0.25, 0.3) is 0 Å². The van der Waals surface area contributed by atoms with Crippen molar-refractivity contribution >= 4 is 15.6 Å². The first-order valence-electron chi connectivity index (χ1n) is 6.75. The molecule has 0 aliphatic rings. The summed E-state index contributed by atoms with van der Waals surface area (Å²) >= 11 is 0. The number of sulfone groups is 1. The molecular weight excluding hydrogens is 252 g/mol. The Balaban J connectivity index is 4.45. The second-order valence-corrected chi connectivity index (χ2v) is 6.87. The topological polar surface area (TPSA) is 60.4 Å². The van der Waals surface area contributed by atoms with E-state index >= 15 is 0 Å². The molecule has 5 heteroatoms. The monoisotopic (exact) mass is 278 g/mol. The van der Waals surface area contributed by atoms with Crippen LogP contribution in [0.4, 0.5) is 0 Å². The lowest BCUT2D eigenvalue weighted by Crippen LogP contribution is -2.40. The van der Waals surface area contributed by atoms with Gasteiger partial charge in [0.05, 0.1) is 5.75 Å². The van der Waals surface area contributed by atoms with Crippen LogP contribution in [0.3, 0.4) is 0 Å². The molecule has 0 aliphatic carbocycles. The van der Waals surface area contributed by atoms with Gasteiger partial charge in [-0.05, 0) is 26.2 Å². The van der Waals surface area contributed by atoms with Gasteiger partial charge in [0.2, 0.25) is 0 Å². The molecule has 0 rings (SSSR count). The van der Waals surface area contributed by atoms with Crippen LogP contribution < -0.4 is 0 Å². The lowest BCUT2D eigenvalue weighted by molar-refractivity contribution is -0.145. The number of hydrogen-bond donors (Lipinski definition) is 0. The molecule has 0 atom stereocenters. The molecule has 0 unspecified atom stereocenters. The molecule has 0 heterocycles. The van der Waals surface area contributed by atoms with E-state index in [9.17, 15) is 13.2 Å². The van der Waals surface area contributed by atoms with E-state index in [1.165, 1.54) is 0 Å². The van der Waals surface area contributed by atoms with Gasteiger partial charge in [0.25, 0.3) is 0 Å². The maximum absolute atomic E-state index is 12.2. The summed E-state index contributed by atoms with van der Waals surface area (Å²) in [6.07, 6.45) is 1.94. The van der Waals surface area contributed by atoms with Crippen molar-refractivity contribution in [1.82, 2.24) is 0 Å². The zero-order valence-corrected chi connectivity index (χ0v) is 12.8. The van der Waals surface area contributed by atoms with E-state index in [1.54, 1.807) is 6.92 Å². The maximum Gasteiger partial charge on any atom is 0.164 e. The van der Waals surface area contributed by atoms with Crippen molar-refractivity contribution in [2.24, 2.45) is 0 Å². The molecule has 0 aromatic carbocycles. The van der Waals surface area contributed by atoms with Gasteiger partial charge in [0, 0.05) is 18.8 Å². The second-order valence-electron chi connectivity index (χ2n) is 4.40. The number of hydrogen-bond acceptors (Lipinski definition) is 4. The maximum atomic E-state index is 12.2. The summed E-state index contributed by atoms with van der Waals surface area (Å²) in [5.74, 6) is 0.255. The second kappa shape index (κ2) is 7.89. The highest BCUT2D eigenvalue weighted by atomic mass is 32.2. The zero-order valence-electron chi connectivity index (χ0n) is 12.0. The Kier molecular flexibility index (Phi) is 7.71. The first kappa shape index (κ1) is 17.6. The largest absolute Gasteiger partial charge is 0.368 e. The van der Waals surface area contributed by atoms with E-state index < -0.39 is 15.4 Å². The van der Waals surface area contributed by atoms with E-state index in [0.29, 0.717) is 25.9 Å². The highest BCUT2D eigenvalue weighted by Gasteiger charge is 2.34. The summed E-state index contributed by atoms with van der Waals surface area (Å²) in [6.45, 7) is 7.86. The van der Waals surface area contributed by atoms with Crippen LogP contribution in [-0.2, 0) is 19.4 Å². The van der Waals surface area contributed by atoms with E-state index in [1.807, 2.05) is 20.8 Å². The minimum atomic E-state index is -2.98. The molecule has 4 nitrogen and oxygen atoms in total. The van der Waals surface area contributed by atoms with Crippen LogP contribution in [-0.4, -0.2) is 37.9 Å². The van der Waals surface area contributed by atoms with Crippen molar-refractivity contribution < 1.29 is 17.9 Å². The fourth-order valence-electron chi connectivity index (χ4n) is 2.03. The average molecular weight is 278 g/mol. The van der Waals surface area contributed by atoms with Gasteiger partial charge in [0.15, 0.2) is 5.78 Å². The predicted molar refractivity (Wildman–Crippen MR) is 73.5 cm³/mol. The predicted octanol–water partition coefficient (Wildman–Crippen LogP) is 2.37. The Morgan fingerprint density at radius 3 is 2.06 bits per heavy atom. The van der Waals surface area contributed by atoms with Gasteiger partial charge in [-0.1, -0.05) is 20.8 Å². The molecule has 0 radical (unpaired) electrons. The molecule has 0 amide bonds. The average Bonchev–Trinajstić information content (AvgIpc) is 2.35. The molecule has 0 aliphatic heterocycles. The van der Waals surface area contributed by atoms with Crippen LogP contribution in [0.1, 0.15) is 53.4 Å². The summed E-state index contributed by atoms with van der Waals surface area (Å²) in [5, 5.41) is 0. The quantitative estimate of drug-likeness (QED) is 0.615. The molecule has 0 saturated carbocycles. The third-order valence-electron chi connectivity index (χ3n) is 3.37. The van der Waals surface area contributed by atoms with Crippen molar-refractivity contribution in [2.45, 2.75) is 59.0 Å². The van der Waals surface area contributed by atoms with Gasteiger partial charge in [-0.3, -0.25) is 4.79 Å². The van der Waals surface area contributed by atoms with E-state index in [-0.39, 0.29) is 23.7 Å². The van der Waals surface area contributed by atoms with Crippen LogP contribution >= 0.6 is 0 Å². The normalized spacial score (nSPS) is 12.7. The van der Waals surface area contributed by atoms with Crippen molar-refractivity contribution in [3.63, 3.8) is 0 Å². The van der Waals surface area contributed by atoms with Crippen LogP contribution in [0, 0.1) is 0 Å². The van der Waals surface area contributed by atoms with Crippen molar-refractivity contribution in [3.8, 4) is 0 Å². The molecule has 0 fully saturated rings. The number of ketones is 1. The van der Waals surface area contributed by atoms with Gasteiger partial charge in [-0.15, -0.1) is 0 Å². The van der Waals surface area contributed by atoms with Gasteiger partial charge >= 0.3 is 0 Å². The summed E-state index contributed by atoms with van der Waals surface area (Å²) in [6, 6.07) is 0. The number of Topliss-reactive ketones (excluding diaryl/α,β-unsaturated/α-hetero) is 1. The van der Waals surface area contributed by atoms with E-state index in [2.05, 4.69) is 0 Å². The molecule has 0 aromatic rings. The smallest absolute Gasteiger partial charge is 0.164 e. The summed E-state index contributed by atoms with van der Waals surface area (Å²) in [7, 11) is -2.98. The van der Waals surface area contributed by atoms with Crippen LogP contribution in [0.2, 0.25) is 0 Å². The minimum absolute atomic E-state index is 0.0284. The number of rotatable bonds is 10. The van der Waals surface area contributed by atoms with Crippen LogP contribution in [0.5, 0.6) is 0 Å². The number of ether oxygens (including phenoxy) is 1. The Hall–Kier alpha value is -0.420. The van der Waals surface area contributed by atoms with Gasteiger partial charge in [0.1, 0.15) is 15.4 Å².